The van der Waals surface area contributed by atoms with Gasteiger partial charge in [0.2, 0.25) is 0 Å². The van der Waals surface area contributed by atoms with Crippen LogP contribution in [0.3, 0.4) is 0 Å². The van der Waals surface area contributed by atoms with Crippen molar-refractivity contribution in [3.63, 3.8) is 0 Å². The van der Waals surface area contributed by atoms with E-state index in [0.29, 0.717) is 0 Å². The molecule has 0 saturated carbocycles. The summed E-state index contributed by atoms with van der Waals surface area (Å²) in [6.45, 7) is 0. The quantitative estimate of drug-likeness (QED) is 0.609. The van der Waals surface area contributed by atoms with Gasteiger partial charge in [-0.15, -0.1) is 0 Å². The van der Waals surface area contributed by atoms with Gasteiger partial charge in [0.1, 0.15) is 0 Å². The number of rotatable bonds is 0. The van der Waals surface area contributed by atoms with Crippen LogP contribution >= 0.6 is 18.8 Å². The molecule has 28 valence electrons. The molecule has 0 aliphatic heterocycles. The van der Waals surface area contributed by atoms with Gasteiger partial charge in [0.25, 0.3) is 0 Å². The minimum atomic E-state index is 1.33. The molecule has 0 aromatic rings. The SMILES string of the molecule is [S]=[Ag].[S]=[Sb]. The summed E-state index contributed by atoms with van der Waals surface area (Å²) >= 11 is 3.87. The van der Waals surface area contributed by atoms with E-state index in [1.165, 1.54) is 21.1 Å². The van der Waals surface area contributed by atoms with Gasteiger partial charge < -0.3 is 0 Å². The molecule has 0 saturated heterocycles. The van der Waals surface area contributed by atoms with Gasteiger partial charge in [-0.1, -0.05) is 0 Å². The van der Waals surface area contributed by atoms with Crippen molar-refractivity contribution in [2.45, 2.75) is 0 Å². The van der Waals surface area contributed by atoms with Gasteiger partial charge >= 0.3 is 59.0 Å². The average molecular weight is 294 g/mol. The fourth-order valence-electron chi connectivity index (χ4n) is 0. The van der Waals surface area contributed by atoms with E-state index < -0.39 is 0 Å². The van der Waals surface area contributed by atoms with E-state index in [4.69, 9.17) is 0 Å². The summed E-state index contributed by atoms with van der Waals surface area (Å²) in [6, 6.07) is 0. The van der Waals surface area contributed by atoms with Crippen LogP contribution in [0.1, 0.15) is 0 Å². The van der Waals surface area contributed by atoms with E-state index in [-0.39, 0.29) is 0 Å². The second-order valence-electron chi connectivity index (χ2n) is 0. The Hall–Kier alpha value is 2.00. The van der Waals surface area contributed by atoms with Crippen LogP contribution in [0, 0.1) is 0 Å². The first-order chi connectivity index (χ1) is 2.00. The molecule has 0 aliphatic carbocycles. The molecule has 0 aliphatic rings. The maximum absolute atomic E-state index is 4.13. The molecule has 4 heteroatoms. The summed E-state index contributed by atoms with van der Waals surface area (Å²) in [4.78, 5) is 0. The maximum atomic E-state index is 4.13. The normalized spacial score (nSPS) is 2.50. The van der Waals surface area contributed by atoms with Gasteiger partial charge in [-0.2, -0.15) is 0 Å². The van der Waals surface area contributed by atoms with Crippen LogP contribution in [0.5, 0.6) is 0 Å². The van der Waals surface area contributed by atoms with Crippen LogP contribution in [0.4, 0.5) is 0 Å². The average Bonchev–Trinajstić information content (AvgIpc) is 1.50. The van der Waals surface area contributed by atoms with Gasteiger partial charge in [0, 0.05) is 0 Å². The van der Waals surface area contributed by atoms with E-state index in [0.717, 1.165) is 0 Å². The van der Waals surface area contributed by atoms with Crippen molar-refractivity contribution in [1.82, 2.24) is 0 Å². The van der Waals surface area contributed by atoms with Crippen molar-refractivity contribution < 1.29 is 19.2 Å². The third-order valence-corrected chi connectivity index (χ3v) is 0. The van der Waals surface area contributed by atoms with Crippen LogP contribution in [0.2, 0.25) is 0 Å². The molecule has 1 radical (unpaired) electrons. The Balaban J connectivity index is 0. The molecule has 0 amide bonds. The Kier molecular flexibility index (Phi) is 46.9. The molecule has 0 N–H and O–H groups in total. The molecule has 0 fully saturated rings. The fraction of sp³-hybridized carbons (Fsp3) is 0. The van der Waals surface area contributed by atoms with E-state index in [1.807, 2.05) is 0 Å². The predicted octanol–water partition coefficient (Wildman–Crippen LogP) is 0.913. The zero-order valence-corrected chi connectivity index (χ0v) is 7.23. The molecule has 0 rings (SSSR count). The molecule has 0 spiro atoms. The first kappa shape index (κ1) is 9.37. The summed E-state index contributed by atoms with van der Waals surface area (Å²) in [7, 11) is 8.03. The molecule has 0 heterocycles. The van der Waals surface area contributed by atoms with Gasteiger partial charge in [-0.05, 0) is 0 Å². The molecule has 0 aromatic carbocycles. The van der Waals surface area contributed by atoms with Gasteiger partial charge in [0.05, 0.1) is 0 Å². The molecule has 0 bridgehead atoms. The first-order valence-corrected chi connectivity index (χ1v) is 5.86. The zero-order valence-electron chi connectivity index (χ0n) is 1.57. The molecule has 4 heavy (non-hydrogen) atoms. The summed E-state index contributed by atoms with van der Waals surface area (Å²) in [5, 5.41) is 0. The number of hydrogen-bond donors (Lipinski definition) is 0. The van der Waals surface area contributed by atoms with Crippen LogP contribution in [-0.4, -0.2) is 21.1 Å². The third-order valence-electron chi connectivity index (χ3n) is 0. The third kappa shape index (κ3) is 9.00. The van der Waals surface area contributed by atoms with Crippen molar-refractivity contribution in [2.75, 3.05) is 0 Å². The van der Waals surface area contributed by atoms with Crippen molar-refractivity contribution in [2.24, 2.45) is 0 Å². The summed E-state index contributed by atoms with van der Waals surface area (Å²) < 4.78 is 0. The Bertz CT molecular complexity index is 8.00. The standard InChI is InChI=1S/Ag.2S.Sb. The summed E-state index contributed by atoms with van der Waals surface area (Å²) in [6.07, 6.45) is 0. The molecule has 0 nitrogen and oxygen atoms in total. The Morgan fingerprint density at radius 3 is 1.25 bits per heavy atom. The predicted molar refractivity (Wildman–Crippen MR) is 20.9 cm³/mol. The Morgan fingerprint density at radius 1 is 1.25 bits per heavy atom. The van der Waals surface area contributed by atoms with Crippen LogP contribution in [-0.2, 0) is 19.2 Å². The minimum absolute atomic E-state index is 1.33. The van der Waals surface area contributed by atoms with Gasteiger partial charge in [-0.3, -0.25) is 0 Å². The summed E-state index contributed by atoms with van der Waals surface area (Å²) in [5.74, 6) is 0. The van der Waals surface area contributed by atoms with Crippen molar-refractivity contribution in [1.29, 1.82) is 0 Å². The zero-order chi connectivity index (χ0) is 4.00. The Morgan fingerprint density at radius 2 is 1.25 bits per heavy atom. The Labute approximate surface area is 58.2 Å². The fourth-order valence-corrected chi connectivity index (χ4v) is 0. The molecule has 0 atom stereocenters. The van der Waals surface area contributed by atoms with E-state index >= 15 is 0 Å². The first-order valence-electron chi connectivity index (χ1n) is 0.306. The van der Waals surface area contributed by atoms with Crippen LogP contribution in [0.15, 0.2) is 0 Å². The summed E-state index contributed by atoms with van der Waals surface area (Å²) in [5.41, 5.74) is 0. The molecular weight excluding hydrogens is 294 g/mol. The van der Waals surface area contributed by atoms with Crippen molar-refractivity contribution >= 4 is 39.8 Å². The monoisotopic (exact) mass is 292 g/mol. The second kappa shape index (κ2) is 20.0. The van der Waals surface area contributed by atoms with E-state index in [9.17, 15) is 0 Å². The molecule has 0 unspecified atom stereocenters. The molecule has 0 aromatic heterocycles. The molecular formula is AgS2Sb. The van der Waals surface area contributed by atoms with E-state index in [2.05, 4.69) is 38.0 Å². The topological polar surface area (TPSA) is 0 Å². The van der Waals surface area contributed by atoms with Gasteiger partial charge in [0.15, 0.2) is 0 Å². The van der Waals surface area contributed by atoms with E-state index in [1.54, 1.807) is 0 Å². The number of hydrogen-bond acceptors (Lipinski definition) is 2. The second-order valence-corrected chi connectivity index (χ2v) is 0. The van der Waals surface area contributed by atoms with Crippen LogP contribution < -0.4 is 0 Å². The van der Waals surface area contributed by atoms with Gasteiger partial charge in [-0.25, -0.2) is 0 Å². The van der Waals surface area contributed by atoms with Crippen LogP contribution in [0.25, 0.3) is 0 Å². The van der Waals surface area contributed by atoms with Crippen molar-refractivity contribution in [3.8, 4) is 0 Å². The van der Waals surface area contributed by atoms with Crippen molar-refractivity contribution in [3.05, 3.63) is 0 Å².